The molecule has 1 saturated heterocycles. The molecule has 5 atom stereocenters. The Morgan fingerprint density at radius 1 is 1.50 bits per heavy atom. The summed E-state index contributed by atoms with van der Waals surface area (Å²) in [6.45, 7) is 0.801. The molecule has 1 aromatic rings. The van der Waals surface area contributed by atoms with Crippen molar-refractivity contribution in [3.63, 3.8) is 0 Å². The van der Waals surface area contributed by atoms with Gasteiger partial charge in [-0.05, 0) is 38.1 Å². The number of rotatable bonds is 1. The van der Waals surface area contributed by atoms with Gasteiger partial charge < -0.3 is 19.5 Å². The van der Waals surface area contributed by atoms with E-state index in [-0.39, 0.29) is 17.7 Å². The standard InChI is InChI=1S/C18H21NO3/c1-19-8-7-18-11-4-5-13(20)17(18)22-16-14(21-2)6-3-10(15(16)18)9-12(11)19/h3-6,11-13,17,20H,7-9H2,1-2H3/t11-,12+,13?,17?,18-/m0/s1/i2D3,17D. The van der Waals surface area contributed by atoms with Crippen molar-refractivity contribution in [1.29, 1.82) is 0 Å². The average Bonchev–Trinajstić information content (AvgIpc) is 2.83. The first kappa shape index (κ1) is 9.58. The normalized spacial score (nSPS) is 47.6. The van der Waals surface area contributed by atoms with Crippen LogP contribution in [0.15, 0.2) is 24.3 Å². The molecule has 4 aliphatic rings. The molecule has 1 fully saturated rings. The zero-order chi connectivity index (χ0) is 18.5. The van der Waals surface area contributed by atoms with Crippen LogP contribution in [0, 0.1) is 5.92 Å². The molecule has 22 heavy (non-hydrogen) atoms. The van der Waals surface area contributed by atoms with Gasteiger partial charge in [-0.25, -0.2) is 0 Å². The lowest BCUT2D eigenvalue weighted by Gasteiger charge is -2.56. The van der Waals surface area contributed by atoms with E-state index in [1.165, 1.54) is 0 Å². The fraction of sp³-hybridized carbons (Fsp3) is 0.556. The fourth-order valence-electron chi connectivity index (χ4n) is 5.07. The lowest BCUT2D eigenvalue weighted by Crippen LogP contribution is -2.64. The van der Waals surface area contributed by atoms with Crippen molar-refractivity contribution >= 4 is 0 Å². The van der Waals surface area contributed by atoms with E-state index in [0.29, 0.717) is 12.2 Å². The first-order chi connectivity index (χ1) is 12.2. The first-order valence-corrected chi connectivity index (χ1v) is 7.78. The number of hydrogen-bond donors (Lipinski definition) is 1. The van der Waals surface area contributed by atoms with Crippen LogP contribution in [-0.2, 0) is 11.8 Å². The van der Waals surface area contributed by atoms with E-state index in [0.717, 1.165) is 24.1 Å². The Morgan fingerprint density at radius 3 is 3.27 bits per heavy atom. The highest BCUT2D eigenvalue weighted by atomic mass is 16.5. The minimum Gasteiger partial charge on any atom is -0.493 e. The summed E-state index contributed by atoms with van der Waals surface area (Å²) in [6.07, 6.45) is 2.50. The molecule has 0 aromatic heterocycles. The smallest absolute Gasteiger partial charge is 0.165 e. The Kier molecular flexibility index (Phi) is 1.77. The van der Waals surface area contributed by atoms with E-state index in [4.69, 9.17) is 15.0 Å². The molecule has 1 spiro atoms. The summed E-state index contributed by atoms with van der Waals surface area (Å²) in [7, 11) is -0.509. The maximum Gasteiger partial charge on any atom is 0.165 e. The van der Waals surface area contributed by atoms with Gasteiger partial charge in [0, 0.05) is 22.9 Å². The van der Waals surface area contributed by atoms with Crippen LogP contribution in [0.4, 0.5) is 0 Å². The topological polar surface area (TPSA) is 41.9 Å². The number of ether oxygens (including phenoxy) is 2. The van der Waals surface area contributed by atoms with E-state index in [1.807, 2.05) is 12.1 Å². The monoisotopic (exact) mass is 303 g/mol. The average molecular weight is 303 g/mol. The van der Waals surface area contributed by atoms with Gasteiger partial charge in [-0.1, -0.05) is 18.2 Å². The third-order valence-corrected chi connectivity index (χ3v) is 6.02. The minimum atomic E-state index is -2.60. The van der Waals surface area contributed by atoms with Crippen molar-refractivity contribution in [2.75, 3.05) is 20.6 Å². The van der Waals surface area contributed by atoms with Crippen LogP contribution in [0.25, 0.3) is 0 Å². The van der Waals surface area contributed by atoms with Gasteiger partial charge in [0.05, 0.1) is 12.5 Å². The second-order valence-corrected chi connectivity index (χ2v) is 6.82. The van der Waals surface area contributed by atoms with E-state index in [2.05, 4.69) is 11.9 Å². The van der Waals surface area contributed by atoms with Crippen LogP contribution in [0.1, 0.15) is 23.0 Å². The Morgan fingerprint density at radius 2 is 2.41 bits per heavy atom. The molecule has 0 radical (unpaired) electrons. The van der Waals surface area contributed by atoms with Gasteiger partial charge in [-0.15, -0.1) is 0 Å². The molecule has 0 saturated carbocycles. The fourth-order valence-corrected chi connectivity index (χ4v) is 5.07. The van der Waals surface area contributed by atoms with Crippen molar-refractivity contribution in [2.24, 2.45) is 5.92 Å². The maximum atomic E-state index is 10.7. The predicted molar refractivity (Wildman–Crippen MR) is 82.5 cm³/mol. The molecule has 0 amide bonds. The second kappa shape index (κ2) is 4.06. The molecule has 4 heteroatoms. The Labute approximate surface area is 135 Å². The molecule has 4 nitrogen and oxygen atoms in total. The van der Waals surface area contributed by atoms with Gasteiger partial charge >= 0.3 is 0 Å². The highest BCUT2D eigenvalue weighted by Gasteiger charge is 2.64. The van der Waals surface area contributed by atoms with E-state index >= 15 is 0 Å². The number of benzene rings is 1. The van der Waals surface area contributed by atoms with Crippen molar-refractivity contribution in [3.8, 4) is 11.5 Å². The molecule has 2 aliphatic heterocycles. The molecule has 1 aromatic carbocycles. The summed E-state index contributed by atoms with van der Waals surface area (Å²) in [5, 5.41) is 10.7. The number of aliphatic hydroxyl groups is 1. The van der Waals surface area contributed by atoms with Gasteiger partial charge in [0.2, 0.25) is 0 Å². The molecule has 2 aliphatic carbocycles. The van der Waals surface area contributed by atoms with Crippen LogP contribution in [0.2, 0.25) is 0 Å². The Bertz CT molecular complexity index is 825. The maximum absolute atomic E-state index is 10.7. The lowest BCUT2D eigenvalue weighted by molar-refractivity contribution is -0.0453. The van der Waals surface area contributed by atoms with Crippen molar-refractivity contribution in [3.05, 3.63) is 35.4 Å². The molecular weight excluding hydrogens is 278 g/mol. The van der Waals surface area contributed by atoms with Gasteiger partial charge in [0.25, 0.3) is 0 Å². The molecular formula is C18H21NO3. The second-order valence-electron chi connectivity index (χ2n) is 6.82. The van der Waals surface area contributed by atoms with E-state index < -0.39 is 24.6 Å². The van der Waals surface area contributed by atoms with Gasteiger partial charge in [-0.2, -0.15) is 0 Å². The summed E-state index contributed by atoms with van der Waals surface area (Å²) in [6, 6.07) is 3.74. The Balaban J connectivity index is 1.78. The first-order valence-electron chi connectivity index (χ1n) is 9.78. The molecule has 2 heterocycles. The van der Waals surface area contributed by atoms with Gasteiger partial charge in [-0.3, -0.25) is 0 Å². The van der Waals surface area contributed by atoms with Crippen LogP contribution in [0.5, 0.6) is 11.5 Å². The van der Waals surface area contributed by atoms with E-state index in [9.17, 15) is 5.11 Å². The SMILES string of the molecule is [2H]C([2H])([2H])Oc1ccc2c3c1OC1([2H])C(O)C=C[C@H]4[C@@H](C2)N(C)CC[C@@]341. The lowest BCUT2D eigenvalue weighted by atomic mass is 9.53. The number of hydrogen-bond acceptors (Lipinski definition) is 4. The van der Waals surface area contributed by atoms with Crippen LogP contribution < -0.4 is 9.47 Å². The third kappa shape index (κ3) is 1.28. The quantitative estimate of drug-likeness (QED) is 0.799. The summed E-state index contributed by atoms with van der Waals surface area (Å²) < 4.78 is 42.7. The van der Waals surface area contributed by atoms with Gasteiger partial charge in [0.1, 0.15) is 12.2 Å². The van der Waals surface area contributed by atoms with Crippen molar-refractivity contribution < 1.29 is 20.1 Å². The zero-order valence-electron chi connectivity index (χ0n) is 16.4. The van der Waals surface area contributed by atoms with Crippen molar-refractivity contribution in [1.82, 2.24) is 4.90 Å². The molecule has 2 unspecified atom stereocenters. The summed E-state index contributed by atoms with van der Waals surface area (Å²) in [4.78, 5) is 2.31. The summed E-state index contributed by atoms with van der Waals surface area (Å²) in [5.41, 5.74) is 1.24. The molecule has 1 N–H and O–H groups in total. The number of piperidine rings is 1. The number of likely N-dealkylation sites (N-methyl/N-ethyl adjacent to an activating group) is 1. The number of aliphatic hydroxyl groups excluding tert-OH is 1. The summed E-state index contributed by atoms with van der Waals surface area (Å²) in [5.74, 6) is 0.491. The van der Waals surface area contributed by atoms with Crippen LogP contribution in [-0.4, -0.2) is 48.9 Å². The largest absolute Gasteiger partial charge is 0.493 e. The zero-order valence-corrected chi connectivity index (χ0v) is 12.4. The van der Waals surface area contributed by atoms with Gasteiger partial charge in [0.15, 0.2) is 11.5 Å². The molecule has 5 rings (SSSR count). The molecule has 2 bridgehead atoms. The Hall–Kier alpha value is -1.52. The minimum absolute atomic E-state index is 0.0407. The number of methoxy groups -OCH3 is 1. The number of likely N-dealkylation sites (tertiary alicyclic amines) is 1. The van der Waals surface area contributed by atoms with Crippen LogP contribution in [0.3, 0.4) is 0 Å². The number of nitrogens with zero attached hydrogens (tertiary/aromatic N) is 1. The highest BCUT2D eigenvalue weighted by molar-refractivity contribution is 5.62. The van der Waals surface area contributed by atoms with Crippen molar-refractivity contribution in [2.45, 2.75) is 36.5 Å². The van der Waals surface area contributed by atoms with Crippen LogP contribution >= 0.6 is 0 Å². The summed E-state index contributed by atoms with van der Waals surface area (Å²) >= 11 is 0. The molecule has 116 valence electrons. The predicted octanol–water partition coefficient (Wildman–Crippen LogP) is 1.50. The van der Waals surface area contributed by atoms with E-state index in [1.54, 1.807) is 12.1 Å². The third-order valence-electron chi connectivity index (χ3n) is 6.02. The highest BCUT2D eigenvalue weighted by Crippen LogP contribution is 2.62.